The van der Waals surface area contributed by atoms with Crippen molar-refractivity contribution in [3.05, 3.63) is 28.8 Å². The van der Waals surface area contributed by atoms with Crippen LogP contribution in [0.5, 0.6) is 0 Å². The van der Waals surface area contributed by atoms with E-state index >= 15 is 0 Å². The highest BCUT2D eigenvalue weighted by atomic mass is 35.5. The number of hydrogen-bond donors (Lipinski definition) is 0. The number of benzene rings is 1. The molecule has 0 saturated heterocycles. The summed E-state index contributed by atoms with van der Waals surface area (Å²) < 4.78 is 15.7. The van der Waals surface area contributed by atoms with Gasteiger partial charge in [0.25, 0.3) is 0 Å². The fourth-order valence-corrected chi connectivity index (χ4v) is 3.17. The average Bonchev–Trinajstić information content (AvgIpc) is 2.68. The number of rotatable bonds is 5. The lowest BCUT2D eigenvalue weighted by Gasteiger charge is -2.16. The van der Waals surface area contributed by atoms with Gasteiger partial charge in [-0.15, -0.1) is 11.6 Å². The third kappa shape index (κ3) is 3.01. The Labute approximate surface area is 126 Å². The molecular weight excluding hydrogens is 306 g/mol. The van der Waals surface area contributed by atoms with Crippen LogP contribution >= 0.6 is 35.0 Å². The maximum Gasteiger partial charge on any atom is 0.144 e. The van der Waals surface area contributed by atoms with Crippen molar-refractivity contribution < 1.29 is 4.39 Å². The van der Waals surface area contributed by atoms with Crippen molar-refractivity contribution in [3.8, 4) is 0 Å². The Balaban J connectivity index is 2.61. The smallest absolute Gasteiger partial charge is 0.144 e. The molecule has 0 aliphatic heterocycles. The Morgan fingerprint density at radius 1 is 1.47 bits per heavy atom. The van der Waals surface area contributed by atoms with Crippen molar-refractivity contribution in [1.82, 2.24) is 9.55 Å². The van der Waals surface area contributed by atoms with Crippen molar-refractivity contribution in [2.75, 3.05) is 17.9 Å². The fraction of sp³-hybridized carbons (Fsp3) is 0.462. The third-order valence-corrected chi connectivity index (χ3v) is 4.27. The Morgan fingerprint density at radius 2 is 2.21 bits per heavy atom. The molecule has 2 aromatic rings. The first-order valence-electron chi connectivity index (χ1n) is 5.99. The van der Waals surface area contributed by atoms with Gasteiger partial charge in [-0.1, -0.05) is 11.6 Å². The molecule has 0 radical (unpaired) electrons. The van der Waals surface area contributed by atoms with Crippen LogP contribution in [0.1, 0.15) is 18.8 Å². The van der Waals surface area contributed by atoms with Crippen LogP contribution in [-0.4, -0.2) is 27.4 Å². The predicted molar refractivity (Wildman–Crippen MR) is 82.2 cm³/mol. The topological polar surface area (TPSA) is 17.8 Å². The summed E-state index contributed by atoms with van der Waals surface area (Å²) in [6.07, 6.45) is 2.71. The first kappa shape index (κ1) is 14.9. The zero-order valence-electron chi connectivity index (χ0n) is 10.8. The second kappa shape index (κ2) is 6.33. The Bertz CT molecular complexity index is 586. The van der Waals surface area contributed by atoms with E-state index in [9.17, 15) is 4.39 Å². The van der Waals surface area contributed by atoms with Gasteiger partial charge < -0.3 is 4.57 Å². The van der Waals surface area contributed by atoms with Crippen LogP contribution in [0.3, 0.4) is 0 Å². The molecular formula is C13H15Cl2FN2S. The first-order chi connectivity index (χ1) is 9.08. The summed E-state index contributed by atoms with van der Waals surface area (Å²) in [5.74, 6) is 1.90. The van der Waals surface area contributed by atoms with E-state index in [0.717, 1.165) is 22.6 Å². The van der Waals surface area contributed by atoms with Gasteiger partial charge in [0.1, 0.15) is 11.6 Å². The van der Waals surface area contributed by atoms with Gasteiger partial charge in [0.05, 0.1) is 16.1 Å². The van der Waals surface area contributed by atoms with Gasteiger partial charge in [0.2, 0.25) is 0 Å². The van der Waals surface area contributed by atoms with Crippen LogP contribution in [0.4, 0.5) is 4.39 Å². The minimum Gasteiger partial charge on any atom is -0.324 e. The van der Waals surface area contributed by atoms with E-state index < -0.39 is 5.82 Å². The molecule has 1 aromatic carbocycles. The molecule has 0 aliphatic carbocycles. The summed E-state index contributed by atoms with van der Waals surface area (Å²) >= 11 is 13.4. The number of aromatic nitrogens is 2. The van der Waals surface area contributed by atoms with Crippen LogP contribution in [0.25, 0.3) is 11.0 Å². The molecule has 0 saturated carbocycles. The molecule has 0 spiro atoms. The molecule has 0 N–H and O–H groups in total. The molecule has 104 valence electrons. The molecule has 2 nitrogen and oxygen atoms in total. The molecule has 0 fully saturated rings. The van der Waals surface area contributed by atoms with E-state index in [4.69, 9.17) is 23.2 Å². The molecule has 0 aliphatic rings. The SMILES string of the molecule is CSCC(C)n1c(CCCl)nc2cc(Cl)c(F)cc21. The summed E-state index contributed by atoms with van der Waals surface area (Å²) in [6.45, 7) is 2.10. The predicted octanol–water partition coefficient (Wildman–Crippen LogP) is 4.53. The highest BCUT2D eigenvalue weighted by Crippen LogP contribution is 2.27. The highest BCUT2D eigenvalue weighted by Gasteiger charge is 2.17. The monoisotopic (exact) mass is 320 g/mol. The normalized spacial score (nSPS) is 13.1. The number of aryl methyl sites for hydroxylation is 1. The second-order valence-electron chi connectivity index (χ2n) is 4.40. The first-order valence-corrected chi connectivity index (χ1v) is 8.29. The van der Waals surface area contributed by atoms with E-state index in [1.807, 2.05) is 6.26 Å². The molecule has 1 heterocycles. The van der Waals surface area contributed by atoms with Gasteiger partial charge in [0.15, 0.2) is 0 Å². The number of hydrogen-bond acceptors (Lipinski definition) is 2. The van der Waals surface area contributed by atoms with Crippen LogP contribution in [0.15, 0.2) is 12.1 Å². The van der Waals surface area contributed by atoms with Crippen molar-refractivity contribution in [3.63, 3.8) is 0 Å². The van der Waals surface area contributed by atoms with Gasteiger partial charge >= 0.3 is 0 Å². The summed E-state index contributed by atoms with van der Waals surface area (Å²) in [5, 5.41) is 0.104. The van der Waals surface area contributed by atoms with Crippen molar-refractivity contribution in [2.45, 2.75) is 19.4 Å². The lowest BCUT2D eigenvalue weighted by molar-refractivity contribution is 0.593. The molecule has 0 bridgehead atoms. The second-order valence-corrected chi connectivity index (χ2v) is 6.09. The summed E-state index contributed by atoms with van der Waals surface area (Å²) in [7, 11) is 0. The largest absolute Gasteiger partial charge is 0.324 e. The Hall–Kier alpha value is -0.450. The van der Waals surface area contributed by atoms with Gasteiger partial charge in [-0.25, -0.2) is 9.37 Å². The van der Waals surface area contributed by atoms with Crippen molar-refractivity contribution in [1.29, 1.82) is 0 Å². The van der Waals surface area contributed by atoms with E-state index in [2.05, 4.69) is 16.5 Å². The average molecular weight is 321 g/mol. The van der Waals surface area contributed by atoms with Crippen LogP contribution in [-0.2, 0) is 6.42 Å². The minimum atomic E-state index is -0.413. The lowest BCUT2D eigenvalue weighted by atomic mass is 10.2. The Morgan fingerprint density at radius 3 is 2.84 bits per heavy atom. The maximum atomic E-state index is 13.7. The molecule has 1 unspecified atom stereocenters. The fourth-order valence-electron chi connectivity index (χ4n) is 2.21. The van der Waals surface area contributed by atoms with E-state index in [1.165, 1.54) is 6.07 Å². The zero-order valence-corrected chi connectivity index (χ0v) is 13.1. The van der Waals surface area contributed by atoms with Gasteiger partial charge in [-0.2, -0.15) is 11.8 Å². The minimum absolute atomic E-state index is 0.104. The molecule has 1 atom stereocenters. The van der Waals surface area contributed by atoms with Crippen LogP contribution < -0.4 is 0 Å². The number of thioether (sulfide) groups is 1. The third-order valence-electron chi connectivity index (χ3n) is 2.97. The van der Waals surface area contributed by atoms with Gasteiger partial charge in [0, 0.05) is 30.2 Å². The van der Waals surface area contributed by atoms with E-state index in [0.29, 0.717) is 12.3 Å². The molecule has 1 aromatic heterocycles. The molecule has 2 rings (SSSR count). The van der Waals surface area contributed by atoms with Crippen molar-refractivity contribution in [2.24, 2.45) is 0 Å². The molecule has 19 heavy (non-hydrogen) atoms. The lowest BCUT2D eigenvalue weighted by Crippen LogP contribution is -2.12. The summed E-state index contributed by atoms with van der Waals surface area (Å²) in [4.78, 5) is 4.53. The number of fused-ring (bicyclic) bond motifs is 1. The maximum absolute atomic E-state index is 13.7. The zero-order chi connectivity index (χ0) is 14.0. The number of imidazole rings is 1. The van der Waals surface area contributed by atoms with E-state index in [-0.39, 0.29) is 11.1 Å². The number of alkyl halides is 1. The summed E-state index contributed by atoms with van der Waals surface area (Å²) in [6, 6.07) is 3.27. The highest BCUT2D eigenvalue weighted by molar-refractivity contribution is 7.98. The number of nitrogens with zero attached hydrogens (tertiary/aromatic N) is 2. The number of halogens is 3. The Kier molecular flexibility index (Phi) is 4.98. The van der Waals surface area contributed by atoms with Crippen molar-refractivity contribution >= 4 is 46.0 Å². The summed E-state index contributed by atoms with van der Waals surface area (Å²) in [5.41, 5.74) is 1.50. The molecule has 6 heteroatoms. The van der Waals surface area contributed by atoms with Gasteiger partial charge in [-0.05, 0) is 19.2 Å². The van der Waals surface area contributed by atoms with Crippen LogP contribution in [0.2, 0.25) is 5.02 Å². The van der Waals surface area contributed by atoms with Gasteiger partial charge in [-0.3, -0.25) is 0 Å². The quantitative estimate of drug-likeness (QED) is 0.753. The van der Waals surface area contributed by atoms with Crippen LogP contribution in [0, 0.1) is 5.82 Å². The molecule has 0 amide bonds. The standard InChI is InChI=1S/C13H15Cl2FN2S/c1-8(7-19-2)18-12-6-10(16)9(15)5-11(12)17-13(18)3-4-14/h5-6,8H,3-4,7H2,1-2H3. The van der Waals surface area contributed by atoms with E-state index in [1.54, 1.807) is 17.8 Å².